The van der Waals surface area contributed by atoms with E-state index in [0.717, 1.165) is 5.56 Å². The maximum absolute atomic E-state index is 13.6. The first-order valence-corrected chi connectivity index (χ1v) is 10.1. The predicted molar refractivity (Wildman–Crippen MR) is 117 cm³/mol. The summed E-state index contributed by atoms with van der Waals surface area (Å²) in [6.07, 6.45) is 0.522. The maximum Gasteiger partial charge on any atom is 0.249 e. The van der Waals surface area contributed by atoms with Crippen molar-refractivity contribution in [3.05, 3.63) is 88.6 Å². The largest absolute Gasteiger partial charge is 0.384 e. The molecule has 0 radical (unpaired) electrons. The van der Waals surface area contributed by atoms with Crippen LogP contribution in [0.15, 0.2) is 77.3 Å². The van der Waals surface area contributed by atoms with Gasteiger partial charge in [-0.05, 0) is 41.7 Å². The number of nitrogens with one attached hydrogen (secondary N) is 1. The number of carbonyl (C=O) groups is 2. The molecular weight excluding hydrogens is 395 g/mol. The molecule has 0 spiro atoms. The second kappa shape index (κ2) is 7.58. The number of rotatable bonds is 3. The third-order valence-corrected chi connectivity index (χ3v) is 5.78. The molecular formula is C24H25FN4O2. The van der Waals surface area contributed by atoms with E-state index >= 15 is 0 Å². The van der Waals surface area contributed by atoms with Crippen LogP contribution in [0.25, 0.3) is 0 Å². The molecule has 0 aromatic heterocycles. The number of amides is 2. The Labute approximate surface area is 180 Å². The number of benzene rings is 2. The van der Waals surface area contributed by atoms with Crippen LogP contribution < -0.4 is 21.7 Å². The average Bonchev–Trinajstić information content (AvgIpc) is 2.84. The third kappa shape index (κ3) is 3.67. The zero-order valence-electron chi connectivity index (χ0n) is 17.5. The molecule has 2 aromatic carbocycles. The van der Waals surface area contributed by atoms with E-state index in [1.54, 1.807) is 17.0 Å². The highest BCUT2D eigenvalue weighted by molar-refractivity contribution is 6.05. The molecule has 1 atom stereocenters. The van der Waals surface area contributed by atoms with Crippen molar-refractivity contribution in [2.45, 2.75) is 26.2 Å². The summed E-state index contributed by atoms with van der Waals surface area (Å²) in [5, 5.41) is 2.99. The summed E-state index contributed by atoms with van der Waals surface area (Å²) in [6.45, 7) is 4.56. The fourth-order valence-electron chi connectivity index (χ4n) is 4.34. The van der Waals surface area contributed by atoms with Crippen molar-refractivity contribution in [2.24, 2.45) is 16.9 Å². The zero-order chi connectivity index (χ0) is 22.3. The Bertz CT molecular complexity index is 1100. The molecule has 31 heavy (non-hydrogen) atoms. The SMILES string of the molecule is CC1(C)CNC(=O)C2=C(C1)N(c1ccc(F)cc1)C(N)=C(C(N)=O)C2c1ccccc1. The molecule has 4 rings (SSSR count). The number of nitrogens with two attached hydrogens (primary N) is 2. The second-order valence-electron chi connectivity index (χ2n) is 8.70. The minimum absolute atomic E-state index is 0.143. The molecule has 2 aromatic rings. The topological polar surface area (TPSA) is 101 Å². The first-order chi connectivity index (χ1) is 14.7. The fourth-order valence-corrected chi connectivity index (χ4v) is 4.34. The van der Waals surface area contributed by atoms with Gasteiger partial charge in [0.25, 0.3) is 0 Å². The van der Waals surface area contributed by atoms with Gasteiger partial charge in [0, 0.05) is 23.5 Å². The highest BCUT2D eigenvalue weighted by atomic mass is 19.1. The summed E-state index contributed by atoms with van der Waals surface area (Å²) < 4.78 is 13.6. The van der Waals surface area contributed by atoms with Crippen molar-refractivity contribution >= 4 is 17.5 Å². The summed E-state index contributed by atoms with van der Waals surface area (Å²) >= 11 is 0. The van der Waals surface area contributed by atoms with Gasteiger partial charge in [0.05, 0.1) is 11.5 Å². The Hall–Kier alpha value is -3.61. The van der Waals surface area contributed by atoms with Gasteiger partial charge in [-0.3, -0.25) is 14.5 Å². The lowest BCUT2D eigenvalue weighted by atomic mass is 9.77. The van der Waals surface area contributed by atoms with E-state index in [4.69, 9.17) is 11.5 Å². The molecule has 0 saturated heterocycles. The summed E-state index contributed by atoms with van der Waals surface area (Å²) in [5.41, 5.74) is 14.7. The van der Waals surface area contributed by atoms with E-state index in [2.05, 4.69) is 5.32 Å². The number of anilines is 1. The lowest BCUT2D eigenvalue weighted by molar-refractivity contribution is -0.118. The molecule has 2 aliphatic rings. The van der Waals surface area contributed by atoms with Crippen LogP contribution in [0, 0.1) is 11.2 Å². The van der Waals surface area contributed by atoms with E-state index in [0.29, 0.717) is 29.9 Å². The molecule has 2 amide bonds. The van der Waals surface area contributed by atoms with Crippen LogP contribution in [0.2, 0.25) is 0 Å². The summed E-state index contributed by atoms with van der Waals surface area (Å²) in [7, 11) is 0. The van der Waals surface area contributed by atoms with Gasteiger partial charge in [0.15, 0.2) is 0 Å². The van der Waals surface area contributed by atoms with E-state index in [1.807, 2.05) is 44.2 Å². The highest BCUT2D eigenvalue weighted by Gasteiger charge is 2.43. The maximum atomic E-state index is 13.6. The van der Waals surface area contributed by atoms with Crippen molar-refractivity contribution in [3.63, 3.8) is 0 Å². The van der Waals surface area contributed by atoms with Crippen LogP contribution in [0.4, 0.5) is 10.1 Å². The Morgan fingerprint density at radius 3 is 2.39 bits per heavy atom. The van der Waals surface area contributed by atoms with E-state index in [9.17, 15) is 14.0 Å². The number of hydrogen-bond acceptors (Lipinski definition) is 4. The molecule has 6 nitrogen and oxygen atoms in total. The number of primary amides is 1. The van der Waals surface area contributed by atoms with Crippen LogP contribution in [0.5, 0.6) is 0 Å². The number of hydrogen-bond donors (Lipinski definition) is 3. The van der Waals surface area contributed by atoms with Crippen molar-refractivity contribution in [2.75, 3.05) is 11.4 Å². The fraction of sp³-hybridized carbons (Fsp3) is 0.250. The average molecular weight is 420 g/mol. The minimum Gasteiger partial charge on any atom is -0.384 e. The molecule has 0 aliphatic carbocycles. The van der Waals surface area contributed by atoms with Crippen molar-refractivity contribution < 1.29 is 14.0 Å². The van der Waals surface area contributed by atoms with Crippen molar-refractivity contribution in [3.8, 4) is 0 Å². The summed E-state index contributed by atoms with van der Waals surface area (Å²) in [5.74, 6) is -1.92. The Balaban J connectivity index is 2.03. The normalized spacial score (nSPS) is 20.8. The predicted octanol–water partition coefficient (Wildman–Crippen LogP) is 2.89. The molecule has 0 bridgehead atoms. The van der Waals surface area contributed by atoms with Crippen molar-refractivity contribution in [1.29, 1.82) is 0 Å². The molecule has 7 heteroatoms. The third-order valence-electron chi connectivity index (χ3n) is 5.78. The minimum atomic E-state index is -0.707. The van der Waals surface area contributed by atoms with Crippen LogP contribution in [0.3, 0.4) is 0 Å². The smallest absolute Gasteiger partial charge is 0.249 e. The number of halogens is 1. The Kier molecular flexibility index (Phi) is 5.05. The van der Waals surface area contributed by atoms with E-state index < -0.39 is 17.6 Å². The van der Waals surface area contributed by atoms with Crippen LogP contribution >= 0.6 is 0 Å². The van der Waals surface area contributed by atoms with Gasteiger partial charge in [0.1, 0.15) is 11.6 Å². The lowest BCUT2D eigenvalue weighted by Gasteiger charge is -2.39. The van der Waals surface area contributed by atoms with E-state index in [1.165, 1.54) is 12.1 Å². The lowest BCUT2D eigenvalue weighted by Crippen LogP contribution is -2.41. The van der Waals surface area contributed by atoms with Crippen LogP contribution in [-0.4, -0.2) is 18.4 Å². The number of allylic oxidation sites excluding steroid dienone is 1. The molecule has 2 aliphatic heterocycles. The zero-order valence-corrected chi connectivity index (χ0v) is 17.5. The summed E-state index contributed by atoms with van der Waals surface area (Å²) in [4.78, 5) is 27.6. The second-order valence-corrected chi connectivity index (χ2v) is 8.70. The Morgan fingerprint density at radius 2 is 1.77 bits per heavy atom. The van der Waals surface area contributed by atoms with Gasteiger partial charge in [0.2, 0.25) is 11.8 Å². The quantitative estimate of drug-likeness (QED) is 0.711. The van der Waals surface area contributed by atoms with Gasteiger partial charge in [-0.1, -0.05) is 44.2 Å². The van der Waals surface area contributed by atoms with Gasteiger partial charge in [-0.25, -0.2) is 4.39 Å². The van der Waals surface area contributed by atoms with Gasteiger partial charge in [-0.15, -0.1) is 0 Å². The molecule has 0 fully saturated rings. The monoisotopic (exact) mass is 420 g/mol. The molecule has 0 saturated carbocycles. The van der Waals surface area contributed by atoms with Gasteiger partial charge < -0.3 is 16.8 Å². The van der Waals surface area contributed by atoms with Gasteiger partial charge in [-0.2, -0.15) is 0 Å². The van der Waals surface area contributed by atoms with Crippen LogP contribution in [0.1, 0.15) is 31.7 Å². The molecule has 2 heterocycles. The standard InChI is InChI=1S/C24H25FN4O2/c1-24(2)12-17-19(23(31)28-13-24)18(14-6-4-3-5-7-14)20(22(27)30)21(26)29(17)16-10-8-15(25)9-11-16/h3-11,18H,12-13,26H2,1-2H3,(H2,27,30)(H,28,31). The highest BCUT2D eigenvalue weighted by Crippen LogP contribution is 2.46. The van der Waals surface area contributed by atoms with E-state index in [-0.39, 0.29) is 22.7 Å². The first kappa shape index (κ1) is 20.7. The Morgan fingerprint density at radius 1 is 1.13 bits per heavy atom. The van der Waals surface area contributed by atoms with Crippen molar-refractivity contribution in [1.82, 2.24) is 5.32 Å². The number of nitrogens with zero attached hydrogens (tertiary/aromatic N) is 1. The summed E-state index contributed by atoms with van der Waals surface area (Å²) in [6, 6.07) is 15.0. The molecule has 160 valence electrons. The first-order valence-electron chi connectivity index (χ1n) is 10.1. The molecule has 5 N–H and O–H groups in total. The van der Waals surface area contributed by atoms with Crippen LogP contribution in [-0.2, 0) is 9.59 Å². The number of carbonyl (C=O) groups excluding carboxylic acids is 2. The molecule has 1 unspecified atom stereocenters. The van der Waals surface area contributed by atoms with Gasteiger partial charge >= 0.3 is 0 Å².